The summed E-state index contributed by atoms with van der Waals surface area (Å²) in [5, 5.41) is 0. The molecule has 0 rings (SSSR count). The number of nitrogens with zero attached hydrogens (tertiary/aromatic N) is 1. The molecule has 1 radical (unpaired) electrons. The maximum absolute atomic E-state index is 9.54. The van der Waals surface area contributed by atoms with Crippen molar-refractivity contribution in [3.63, 3.8) is 0 Å². The molecule has 0 fully saturated rings. The molecule has 0 bridgehead atoms. The van der Waals surface area contributed by atoms with E-state index in [0.29, 0.717) is 6.41 Å². The van der Waals surface area contributed by atoms with E-state index in [1.807, 2.05) is 0 Å². The Labute approximate surface area is 51.7 Å². The summed E-state index contributed by atoms with van der Waals surface area (Å²) in [6.45, 7) is 1.17. The topological polar surface area (TPSA) is 20.3 Å². The first kappa shape index (κ1) is 6.33. The Hall–Kier alpha value is 0.330. The van der Waals surface area contributed by atoms with Gasteiger partial charge in [-0.15, -0.1) is 0 Å². The second-order valence-corrected chi connectivity index (χ2v) is 1.71. The van der Waals surface area contributed by atoms with Crippen molar-refractivity contribution in [3.05, 3.63) is 0 Å². The molecule has 0 aromatic carbocycles. The van der Waals surface area contributed by atoms with E-state index >= 15 is 0 Å². The fourth-order valence-corrected chi connectivity index (χ4v) is 0.0351. The van der Waals surface area contributed by atoms with Gasteiger partial charge in [-0.3, -0.25) is 0 Å². The number of rotatable bonds is 2. The summed E-state index contributed by atoms with van der Waals surface area (Å²) < 4.78 is 1.19. The Morgan fingerprint density at radius 3 is 2.50 bits per heavy atom. The van der Waals surface area contributed by atoms with Crippen LogP contribution in [0, 0.1) is 0 Å². The molecule has 0 unspecified atom stereocenters. The van der Waals surface area contributed by atoms with Gasteiger partial charge in [0.25, 0.3) is 0 Å². The van der Waals surface area contributed by atoms with E-state index < -0.39 is 0 Å². The Bertz CT molecular complexity index is 58.6. The Morgan fingerprint density at radius 1 is 2.00 bits per heavy atom. The molecular weight excluding hydrogens is 191 g/mol. The first-order valence-corrected chi connectivity index (χ1v) is 2.22. The molecule has 1 amide bonds. The van der Waals surface area contributed by atoms with Gasteiger partial charge in [0.15, 0.2) is 0 Å². The molecule has 0 saturated carbocycles. The van der Waals surface area contributed by atoms with Gasteiger partial charge in [-0.25, -0.2) is 0 Å². The normalized spacial score (nSPS) is 6.00. The van der Waals surface area contributed by atoms with Crippen molar-refractivity contribution in [1.29, 1.82) is 0 Å². The second kappa shape index (κ2) is 3.52. The molecule has 2 nitrogen and oxygen atoms in total. The van der Waals surface area contributed by atoms with Gasteiger partial charge in [0, 0.05) is 0 Å². The number of carbonyl (C=O) groups is 1. The minimum absolute atomic E-state index is 0.612. The maximum atomic E-state index is 9.54. The second-order valence-electron chi connectivity index (χ2n) is 0.599. The van der Waals surface area contributed by atoms with Gasteiger partial charge >= 0.3 is 51.4 Å². The predicted molar refractivity (Wildman–Crippen MR) is 33.4 cm³/mol. The van der Waals surface area contributed by atoms with Crippen LogP contribution in [0.4, 0.5) is 0 Å². The van der Waals surface area contributed by atoms with Gasteiger partial charge in [0.1, 0.15) is 0 Å². The first-order chi connectivity index (χ1) is 2.81. The summed E-state index contributed by atoms with van der Waals surface area (Å²) in [5.74, 6) is 0. The average Bonchev–Trinajstić information content (AvgIpc) is 1.65. The molecule has 0 saturated heterocycles. The van der Waals surface area contributed by atoms with Crippen LogP contribution in [0.1, 0.15) is 0 Å². The monoisotopic (exact) mass is 192 g/mol. The fraction of sp³-hybridized carbons (Fsp3) is 0. The van der Waals surface area contributed by atoms with Gasteiger partial charge in [-0.2, -0.15) is 0 Å². The van der Waals surface area contributed by atoms with Gasteiger partial charge < -0.3 is 0 Å². The van der Waals surface area contributed by atoms with E-state index in [9.17, 15) is 4.79 Å². The number of carbonyl (C=O) groups excluding carboxylic acids is 1. The molecule has 0 atom stereocenters. The molecule has 5 heteroatoms. The minimum atomic E-state index is 0.612. The third kappa shape index (κ3) is 2.56. The summed E-state index contributed by atoms with van der Waals surface area (Å²) in [7, 11) is 4.84. The molecular formula is CHB2INO. The van der Waals surface area contributed by atoms with E-state index in [1.54, 1.807) is 22.9 Å². The Kier molecular flexibility index (Phi) is 3.71. The zero-order valence-corrected chi connectivity index (χ0v) is 5.12. The van der Waals surface area contributed by atoms with Crippen LogP contribution in [0.3, 0.4) is 0 Å². The standard InChI is InChI=1S/CHB2INO/c2-3-5(4)1-6/h1H. The summed E-state index contributed by atoms with van der Waals surface area (Å²) in [6, 6.07) is 0. The van der Waals surface area contributed by atoms with Crippen LogP contribution < -0.4 is 0 Å². The predicted octanol–water partition coefficient (Wildman–Crippen LogP) is -0.502. The van der Waals surface area contributed by atoms with Crippen molar-refractivity contribution in [3.8, 4) is 0 Å². The fourth-order valence-electron chi connectivity index (χ4n) is 0.0351. The molecule has 0 aromatic rings. The van der Waals surface area contributed by atoms with Crippen molar-refractivity contribution >= 4 is 43.6 Å². The molecule has 29 valence electrons. The van der Waals surface area contributed by atoms with E-state index in [1.165, 1.54) is 9.96 Å². The third-order valence-electron chi connectivity index (χ3n) is 0.243. The zero-order chi connectivity index (χ0) is 4.99. The summed E-state index contributed by atoms with van der Waals surface area (Å²) in [5.41, 5.74) is 0. The van der Waals surface area contributed by atoms with Crippen molar-refractivity contribution in [2.75, 3.05) is 0 Å². The Balaban J connectivity index is 3.21. The van der Waals surface area contributed by atoms with Crippen LogP contribution in [0.25, 0.3) is 0 Å². The number of halogens is 1. The summed E-state index contributed by atoms with van der Waals surface area (Å²) in [6.07, 6.45) is 0.612. The van der Waals surface area contributed by atoms with E-state index in [0.717, 1.165) is 0 Å². The van der Waals surface area contributed by atoms with Crippen LogP contribution in [-0.4, -0.2) is 23.7 Å². The molecule has 0 heterocycles. The van der Waals surface area contributed by atoms with E-state index in [4.69, 9.17) is 7.37 Å². The quantitative estimate of drug-likeness (QED) is 0.249. The van der Waals surface area contributed by atoms with Gasteiger partial charge in [0.05, 0.1) is 0 Å². The molecule has 0 N–H and O–H groups in total. The SMILES string of the molecule is [B]=BN(I)C=O. The number of hydrogen-bond donors (Lipinski definition) is 0. The Morgan fingerprint density at radius 2 is 2.50 bits per heavy atom. The molecule has 0 aliphatic carbocycles. The molecule has 0 spiro atoms. The van der Waals surface area contributed by atoms with E-state index in [-0.39, 0.29) is 0 Å². The van der Waals surface area contributed by atoms with Gasteiger partial charge in [-0.05, 0) is 0 Å². The van der Waals surface area contributed by atoms with Crippen molar-refractivity contribution in [2.45, 2.75) is 0 Å². The van der Waals surface area contributed by atoms with Crippen LogP contribution >= 0.6 is 22.9 Å². The van der Waals surface area contributed by atoms with Crippen molar-refractivity contribution in [2.24, 2.45) is 0 Å². The average molecular weight is 192 g/mol. The van der Waals surface area contributed by atoms with Crippen LogP contribution in [0.15, 0.2) is 0 Å². The molecule has 0 aliphatic heterocycles. The molecule has 0 aromatic heterocycles. The van der Waals surface area contributed by atoms with Gasteiger partial charge in [0.2, 0.25) is 0 Å². The van der Waals surface area contributed by atoms with Crippen LogP contribution in [0.5, 0.6) is 0 Å². The zero-order valence-electron chi connectivity index (χ0n) is 2.97. The van der Waals surface area contributed by atoms with Crippen molar-refractivity contribution in [1.82, 2.24) is 3.02 Å². The number of amides is 1. The van der Waals surface area contributed by atoms with Crippen molar-refractivity contribution < 1.29 is 4.79 Å². The van der Waals surface area contributed by atoms with Crippen LogP contribution in [-0.2, 0) is 4.79 Å². The molecule has 0 aliphatic rings. The summed E-state index contributed by atoms with van der Waals surface area (Å²) >= 11 is 1.75. The van der Waals surface area contributed by atoms with Gasteiger partial charge in [-0.1, -0.05) is 0 Å². The van der Waals surface area contributed by atoms with Crippen LogP contribution in [0.2, 0.25) is 0 Å². The summed E-state index contributed by atoms with van der Waals surface area (Å²) in [4.78, 5) is 9.54. The first-order valence-electron chi connectivity index (χ1n) is 1.25. The third-order valence-corrected chi connectivity index (χ3v) is 0.792. The molecule has 6 heavy (non-hydrogen) atoms. The number of hydrogen-bond acceptors (Lipinski definition) is 1. The van der Waals surface area contributed by atoms with E-state index in [2.05, 4.69) is 0 Å².